The van der Waals surface area contributed by atoms with E-state index in [-0.39, 0.29) is 18.3 Å². The highest BCUT2D eigenvalue weighted by atomic mass is 16.4. The zero-order chi connectivity index (χ0) is 32.4. The maximum atomic E-state index is 12.4. The second-order valence-corrected chi connectivity index (χ2v) is 13.7. The first kappa shape index (κ1) is 42.7. The van der Waals surface area contributed by atoms with Crippen LogP contribution in [0.1, 0.15) is 219 Å². The van der Waals surface area contributed by atoms with E-state index in [1.807, 2.05) is 0 Å². The number of carbonyl (C=O) groups is 2. The smallest absolute Gasteiger partial charge is 0.306 e. The quantitative estimate of drug-likeness (QED) is 0.0540. The minimum atomic E-state index is -0.708. The van der Waals surface area contributed by atoms with Gasteiger partial charge < -0.3 is 10.2 Å². The van der Waals surface area contributed by atoms with Crippen molar-refractivity contribution in [2.75, 3.05) is 0 Å². The van der Waals surface area contributed by atoms with Gasteiger partial charge in [-0.15, -0.1) is 0 Å². The number of allylic oxidation sites excluding steroid dienone is 2. The van der Waals surface area contributed by atoms with Crippen molar-refractivity contribution in [3.8, 4) is 0 Å². The highest BCUT2D eigenvalue weighted by molar-refractivity contribution is 5.70. The lowest BCUT2D eigenvalue weighted by molar-refractivity contribution is -0.144. The summed E-state index contributed by atoms with van der Waals surface area (Å²) in [6, 6.07) is 0. The average Bonchev–Trinajstić information content (AvgIpc) is 3.00. The third-order valence-electron chi connectivity index (χ3n) is 9.56. The van der Waals surface area contributed by atoms with Gasteiger partial charge in [0.1, 0.15) is 0 Å². The molecular formula is C40H76O4. The van der Waals surface area contributed by atoms with E-state index in [9.17, 15) is 14.7 Å². The van der Waals surface area contributed by atoms with Crippen molar-refractivity contribution in [3.63, 3.8) is 0 Å². The Hall–Kier alpha value is -1.32. The van der Waals surface area contributed by atoms with Gasteiger partial charge in [-0.25, -0.2) is 0 Å². The Morgan fingerprint density at radius 1 is 0.455 bits per heavy atom. The van der Waals surface area contributed by atoms with Crippen molar-refractivity contribution >= 4 is 11.9 Å². The molecule has 2 unspecified atom stereocenters. The summed E-state index contributed by atoms with van der Waals surface area (Å²) in [4.78, 5) is 23.1. The van der Waals surface area contributed by atoms with Gasteiger partial charge in [-0.2, -0.15) is 0 Å². The first-order valence-electron chi connectivity index (χ1n) is 19.6. The van der Waals surface area contributed by atoms with Gasteiger partial charge in [0.15, 0.2) is 0 Å². The van der Waals surface area contributed by atoms with Crippen LogP contribution in [0, 0.1) is 11.8 Å². The van der Waals surface area contributed by atoms with E-state index in [4.69, 9.17) is 5.11 Å². The maximum absolute atomic E-state index is 12.4. The molecule has 0 aromatic rings. The molecule has 4 heteroatoms. The molecule has 0 aromatic heterocycles. The van der Waals surface area contributed by atoms with Crippen LogP contribution in [0.25, 0.3) is 0 Å². The van der Waals surface area contributed by atoms with Crippen molar-refractivity contribution in [1.82, 2.24) is 0 Å². The largest absolute Gasteiger partial charge is 0.481 e. The second kappa shape index (κ2) is 34.6. The van der Waals surface area contributed by atoms with Gasteiger partial charge in [0.2, 0.25) is 0 Å². The highest BCUT2D eigenvalue weighted by Crippen LogP contribution is 2.30. The van der Waals surface area contributed by atoms with Crippen LogP contribution in [0.15, 0.2) is 12.2 Å². The van der Waals surface area contributed by atoms with Gasteiger partial charge in [0.25, 0.3) is 0 Å². The van der Waals surface area contributed by atoms with E-state index in [1.54, 1.807) is 0 Å². The zero-order valence-corrected chi connectivity index (χ0v) is 29.6. The molecule has 0 aliphatic rings. The summed E-state index contributed by atoms with van der Waals surface area (Å²) >= 11 is 0. The summed E-state index contributed by atoms with van der Waals surface area (Å²) in [5.41, 5.74) is 0. The van der Waals surface area contributed by atoms with Crippen LogP contribution >= 0.6 is 0 Å². The fourth-order valence-corrected chi connectivity index (χ4v) is 6.65. The molecule has 0 fully saturated rings. The molecule has 44 heavy (non-hydrogen) atoms. The molecule has 0 radical (unpaired) electrons. The number of rotatable bonds is 36. The molecule has 4 nitrogen and oxygen atoms in total. The lowest BCUT2D eigenvalue weighted by Crippen LogP contribution is -2.24. The Kier molecular flexibility index (Phi) is 33.5. The van der Waals surface area contributed by atoms with Crippen LogP contribution in [0.5, 0.6) is 0 Å². The number of carboxylic acids is 2. The fourth-order valence-electron chi connectivity index (χ4n) is 6.65. The summed E-state index contributed by atoms with van der Waals surface area (Å²) in [6.07, 6.45) is 42.6. The molecule has 0 aliphatic carbocycles. The number of carboxylic acid groups (broad SMARTS) is 2. The van der Waals surface area contributed by atoms with Crippen molar-refractivity contribution < 1.29 is 19.8 Å². The Morgan fingerprint density at radius 2 is 0.795 bits per heavy atom. The number of unbranched alkanes of at least 4 members (excludes halogenated alkanes) is 24. The van der Waals surface area contributed by atoms with Gasteiger partial charge >= 0.3 is 11.9 Å². The third kappa shape index (κ3) is 30.7. The lowest BCUT2D eigenvalue weighted by Gasteiger charge is -2.24. The molecule has 0 bridgehead atoms. The van der Waals surface area contributed by atoms with Gasteiger partial charge in [-0.05, 0) is 57.3 Å². The van der Waals surface area contributed by atoms with Crippen LogP contribution in [-0.4, -0.2) is 22.2 Å². The van der Waals surface area contributed by atoms with E-state index >= 15 is 0 Å². The summed E-state index contributed by atoms with van der Waals surface area (Å²) in [7, 11) is 0. The Bertz CT molecular complexity index is 643. The van der Waals surface area contributed by atoms with E-state index in [0.29, 0.717) is 0 Å². The summed E-state index contributed by atoms with van der Waals surface area (Å²) < 4.78 is 0. The van der Waals surface area contributed by atoms with Gasteiger partial charge in [-0.1, -0.05) is 174 Å². The molecule has 0 rings (SSSR count). The molecule has 2 atom stereocenters. The molecular weight excluding hydrogens is 544 g/mol. The topological polar surface area (TPSA) is 74.6 Å². The normalized spacial score (nSPS) is 13.0. The molecule has 260 valence electrons. The van der Waals surface area contributed by atoms with E-state index < -0.39 is 11.9 Å². The fraction of sp³-hybridized carbons (Fsp3) is 0.900. The molecule has 0 saturated heterocycles. The zero-order valence-electron chi connectivity index (χ0n) is 29.6. The third-order valence-corrected chi connectivity index (χ3v) is 9.56. The standard InChI is InChI=1S/C40H76O4/c1-3-5-7-9-11-13-14-15-16-17-18-19-21-23-27-31-35-38(40(43)44)37(34-30-26-24-28-32-36-39(41)42)33-29-25-22-20-12-10-8-6-4-2/h17-18,37-38H,3-16,19-36H2,1-2H3,(H,41,42)(H,43,44). The second-order valence-electron chi connectivity index (χ2n) is 13.7. The number of aliphatic carboxylic acids is 2. The summed E-state index contributed by atoms with van der Waals surface area (Å²) in [6.45, 7) is 4.54. The van der Waals surface area contributed by atoms with Crippen molar-refractivity contribution in [1.29, 1.82) is 0 Å². The first-order chi connectivity index (χ1) is 21.5. The van der Waals surface area contributed by atoms with E-state index in [1.165, 1.54) is 122 Å². The average molecular weight is 621 g/mol. The SMILES string of the molecule is CCCCCCCCCCC=CCCCCCCC(C(=O)O)C(CCCCCCCCCCC)CCCCCCCC(=O)O. The van der Waals surface area contributed by atoms with Crippen LogP contribution in [0.2, 0.25) is 0 Å². The first-order valence-corrected chi connectivity index (χ1v) is 19.6. The summed E-state index contributed by atoms with van der Waals surface area (Å²) in [5.74, 6) is -1.21. The van der Waals surface area contributed by atoms with Gasteiger partial charge in [-0.3, -0.25) is 9.59 Å². The molecule has 0 spiro atoms. The van der Waals surface area contributed by atoms with Crippen molar-refractivity contribution in [2.45, 2.75) is 219 Å². The van der Waals surface area contributed by atoms with Crippen LogP contribution in [0.4, 0.5) is 0 Å². The Morgan fingerprint density at radius 3 is 1.18 bits per heavy atom. The molecule has 0 aromatic carbocycles. The van der Waals surface area contributed by atoms with Crippen molar-refractivity contribution in [2.24, 2.45) is 11.8 Å². The number of hydrogen-bond acceptors (Lipinski definition) is 2. The van der Waals surface area contributed by atoms with Crippen LogP contribution in [0.3, 0.4) is 0 Å². The maximum Gasteiger partial charge on any atom is 0.306 e. The predicted octanol–water partition coefficient (Wildman–Crippen LogP) is 13.5. The molecule has 0 heterocycles. The van der Waals surface area contributed by atoms with Crippen LogP contribution < -0.4 is 0 Å². The monoisotopic (exact) mass is 621 g/mol. The van der Waals surface area contributed by atoms with E-state index in [2.05, 4.69) is 26.0 Å². The molecule has 2 N–H and O–H groups in total. The Labute approximate surface area is 274 Å². The lowest BCUT2D eigenvalue weighted by atomic mass is 9.80. The molecule has 0 saturated carbocycles. The summed E-state index contributed by atoms with van der Waals surface area (Å²) in [5, 5.41) is 19.0. The minimum absolute atomic E-state index is 0.206. The van der Waals surface area contributed by atoms with Crippen molar-refractivity contribution in [3.05, 3.63) is 12.2 Å². The van der Waals surface area contributed by atoms with E-state index in [0.717, 1.165) is 77.0 Å². The highest BCUT2D eigenvalue weighted by Gasteiger charge is 2.27. The Balaban J connectivity index is 4.29. The molecule has 0 amide bonds. The van der Waals surface area contributed by atoms with Gasteiger partial charge in [0.05, 0.1) is 5.92 Å². The predicted molar refractivity (Wildman–Crippen MR) is 190 cm³/mol. The number of hydrogen-bond donors (Lipinski definition) is 2. The minimum Gasteiger partial charge on any atom is -0.481 e. The van der Waals surface area contributed by atoms with Crippen LogP contribution in [-0.2, 0) is 9.59 Å². The molecule has 0 aliphatic heterocycles. The van der Waals surface area contributed by atoms with Gasteiger partial charge in [0, 0.05) is 6.42 Å².